The number of anilines is 3. The lowest BCUT2D eigenvalue weighted by Crippen LogP contribution is -2.57. The normalized spacial score (nSPS) is 12.7. The van der Waals surface area contributed by atoms with Crippen LogP contribution < -0.4 is 32.2 Å². The Morgan fingerprint density at radius 3 is 1.89 bits per heavy atom. The maximum absolute atomic E-state index is 9.62. The first-order chi connectivity index (χ1) is 29.8. The Morgan fingerprint density at radius 1 is 0.525 bits per heavy atom. The molecule has 0 saturated carbocycles. The molecule has 1 aromatic heterocycles. The minimum Gasteiger partial charge on any atom is -0.455 e. The van der Waals surface area contributed by atoms with Gasteiger partial charge in [0.2, 0.25) is 0 Å². The van der Waals surface area contributed by atoms with Gasteiger partial charge in [-0.25, -0.2) is 9.98 Å². The fourth-order valence-corrected chi connectivity index (χ4v) is 9.66. The summed E-state index contributed by atoms with van der Waals surface area (Å²) in [5.74, 6) is 0.570. The summed E-state index contributed by atoms with van der Waals surface area (Å²) >= 11 is 0. The standard InChI is InChI=1S/C51H37B5N4O/c52-44-43(45(53)47(55)48(56)46(44)54)51(59-50(57)35-19-9-17-33-32-16-5-6-21-40(32)61-49(33)35)58-26-36-30-14-3-1-10-27(30)22-24-37(36)60-38-20-8-13-29-12-7-18-34(41(29)38)42-31-15-4-2-11-28(31)23-25-39(42)60/h1-26,57H,52-56H2/b57-50?,58-26+,59-51-. The predicted molar refractivity (Wildman–Crippen MR) is 275 cm³/mol. The molecule has 0 fully saturated rings. The summed E-state index contributed by atoms with van der Waals surface area (Å²) in [5, 5.41) is 18.6. The van der Waals surface area contributed by atoms with E-state index >= 15 is 0 Å². The van der Waals surface area contributed by atoms with Crippen molar-refractivity contribution >= 4 is 156 Å². The van der Waals surface area contributed by atoms with Crippen molar-refractivity contribution in [1.29, 1.82) is 5.41 Å². The molecule has 61 heavy (non-hydrogen) atoms. The van der Waals surface area contributed by atoms with Crippen molar-refractivity contribution in [3.05, 3.63) is 168 Å². The minimum atomic E-state index is 0.0877. The van der Waals surface area contributed by atoms with E-state index in [1.165, 1.54) is 49.1 Å². The molecule has 11 rings (SSSR count). The van der Waals surface area contributed by atoms with Gasteiger partial charge < -0.3 is 9.32 Å². The largest absolute Gasteiger partial charge is 0.455 e. The molecular formula is C51H37B5N4O. The number of benzene rings is 9. The van der Waals surface area contributed by atoms with Crippen molar-refractivity contribution < 1.29 is 4.42 Å². The van der Waals surface area contributed by atoms with E-state index in [0.29, 0.717) is 17.0 Å². The predicted octanol–water partition coefficient (Wildman–Crippen LogP) is 4.68. The van der Waals surface area contributed by atoms with E-state index < -0.39 is 0 Å². The summed E-state index contributed by atoms with van der Waals surface area (Å²) in [6.45, 7) is 0. The Morgan fingerprint density at radius 2 is 1.11 bits per heavy atom. The first-order valence-electron chi connectivity index (χ1n) is 20.8. The van der Waals surface area contributed by atoms with Gasteiger partial charge in [-0.1, -0.05) is 132 Å². The van der Waals surface area contributed by atoms with E-state index in [-0.39, 0.29) is 5.84 Å². The molecule has 10 heteroatoms. The number of para-hydroxylation sites is 2. The highest BCUT2D eigenvalue weighted by Crippen LogP contribution is 2.53. The molecule has 0 bridgehead atoms. The van der Waals surface area contributed by atoms with E-state index in [1.54, 1.807) is 0 Å². The molecule has 0 spiro atoms. The third kappa shape index (κ3) is 5.66. The molecule has 10 aromatic rings. The second-order valence-corrected chi connectivity index (χ2v) is 16.2. The van der Waals surface area contributed by atoms with Crippen LogP contribution in [0.5, 0.6) is 0 Å². The molecule has 1 aliphatic rings. The zero-order valence-electron chi connectivity index (χ0n) is 34.8. The van der Waals surface area contributed by atoms with Crippen molar-refractivity contribution in [2.24, 2.45) is 9.98 Å². The first-order valence-corrected chi connectivity index (χ1v) is 20.8. The maximum atomic E-state index is 9.62. The Bertz CT molecular complexity index is 3560. The summed E-state index contributed by atoms with van der Waals surface area (Å²) in [6, 6.07) is 53.3. The zero-order chi connectivity index (χ0) is 41.5. The smallest absolute Gasteiger partial charge is 0.160 e. The van der Waals surface area contributed by atoms with Gasteiger partial charge in [-0.05, 0) is 62.8 Å². The zero-order valence-corrected chi connectivity index (χ0v) is 34.8. The van der Waals surface area contributed by atoms with Crippen LogP contribution in [0.2, 0.25) is 0 Å². The van der Waals surface area contributed by atoms with Crippen LogP contribution in [0.15, 0.2) is 166 Å². The van der Waals surface area contributed by atoms with Gasteiger partial charge in [0.05, 0.1) is 22.6 Å². The first kappa shape index (κ1) is 36.8. The molecule has 0 atom stereocenters. The molecule has 282 valence electrons. The monoisotopic (exact) mass is 776 g/mol. The number of amidine groups is 2. The van der Waals surface area contributed by atoms with Crippen LogP contribution in [0, 0.1) is 5.41 Å². The van der Waals surface area contributed by atoms with E-state index in [2.05, 4.69) is 159 Å². The summed E-state index contributed by atoms with van der Waals surface area (Å²) in [4.78, 5) is 13.0. The number of hydrogen-bond acceptors (Lipinski definition) is 3. The number of rotatable bonds is 4. The van der Waals surface area contributed by atoms with Crippen LogP contribution in [0.4, 0.5) is 17.1 Å². The number of aliphatic imine (C=N–C) groups is 2. The molecular weight excluding hydrogens is 739 g/mol. The van der Waals surface area contributed by atoms with Crippen molar-refractivity contribution in [3.8, 4) is 11.1 Å². The number of nitrogens with zero attached hydrogens (tertiary/aromatic N) is 3. The quantitative estimate of drug-likeness (QED) is 0.161. The Balaban J connectivity index is 1.17. The number of fused-ring (bicyclic) bond motifs is 8. The highest BCUT2D eigenvalue weighted by atomic mass is 16.3. The Labute approximate surface area is 358 Å². The molecule has 0 aliphatic carbocycles. The fourth-order valence-electron chi connectivity index (χ4n) is 9.66. The van der Waals surface area contributed by atoms with E-state index in [1.807, 2.05) is 42.6 Å². The summed E-state index contributed by atoms with van der Waals surface area (Å²) in [7, 11) is 10.8. The van der Waals surface area contributed by atoms with Crippen molar-refractivity contribution in [1.82, 2.24) is 0 Å². The number of furan rings is 1. The molecule has 1 N–H and O–H groups in total. The van der Waals surface area contributed by atoms with Crippen molar-refractivity contribution in [2.75, 3.05) is 4.90 Å². The van der Waals surface area contributed by atoms with Gasteiger partial charge >= 0.3 is 0 Å². The van der Waals surface area contributed by atoms with Crippen LogP contribution >= 0.6 is 0 Å². The van der Waals surface area contributed by atoms with Gasteiger partial charge in [0.1, 0.15) is 50.4 Å². The van der Waals surface area contributed by atoms with Crippen LogP contribution in [0.25, 0.3) is 65.4 Å². The minimum absolute atomic E-state index is 0.0877. The second kappa shape index (κ2) is 14.2. The molecule has 1 aliphatic heterocycles. The van der Waals surface area contributed by atoms with Crippen LogP contribution in [-0.4, -0.2) is 57.1 Å². The van der Waals surface area contributed by atoms with Crippen LogP contribution in [-0.2, 0) is 0 Å². The summed E-state index contributed by atoms with van der Waals surface area (Å²) < 4.78 is 6.40. The molecule has 0 amide bonds. The topological polar surface area (TPSA) is 65.0 Å². The second-order valence-electron chi connectivity index (χ2n) is 16.2. The Kier molecular flexibility index (Phi) is 8.54. The van der Waals surface area contributed by atoms with Gasteiger partial charge in [-0.15, -0.1) is 16.4 Å². The highest BCUT2D eigenvalue weighted by Gasteiger charge is 2.29. The van der Waals surface area contributed by atoms with Crippen molar-refractivity contribution in [2.45, 2.75) is 0 Å². The average Bonchev–Trinajstić information content (AvgIpc) is 3.68. The lowest BCUT2D eigenvalue weighted by Gasteiger charge is -2.35. The summed E-state index contributed by atoms with van der Waals surface area (Å²) in [5.41, 5.74) is 15.5. The fraction of sp³-hybridized carbons (Fsp3) is 0. The SMILES string of the molecule is Bc1c(B)c(B)c(C(=N/C(=N)c2cccc3c2oc2ccccc23)/N=C/c2c(N3c4ccc5ccccc5c4-c4cccc5cccc3c45)ccc3ccccc23)c(B)c1B. The average molecular weight is 776 g/mol. The van der Waals surface area contributed by atoms with Crippen LogP contribution in [0.3, 0.4) is 0 Å². The van der Waals surface area contributed by atoms with Gasteiger partial charge in [0.15, 0.2) is 11.7 Å². The van der Waals surface area contributed by atoms with Crippen molar-refractivity contribution in [3.63, 3.8) is 0 Å². The van der Waals surface area contributed by atoms with Gasteiger partial charge in [0, 0.05) is 39.1 Å². The molecule has 0 radical (unpaired) electrons. The van der Waals surface area contributed by atoms with Gasteiger partial charge in [-0.2, -0.15) is 0 Å². The van der Waals surface area contributed by atoms with Gasteiger partial charge in [0.25, 0.3) is 0 Å². The Hall–Kier alpha value is -7.31. The van der Waals surface area contributed by atoms with E-state index in [9.17, 15) is 5.41 Å². The van der Waals surface area contributed by atoms with E-state index in [0.717, 1.165) is 66.2 Å². The lowest BCUT2D eigenvalue weighted by molar-refractivity contribution is 0.668. The third-order valence-electron chi connectivity index (χ3n) is 13.1. The molecule has 0 saturated heterocycles. The van der Waals surface area contributed by atoms with Gasteiger partial charge in [-0.3, -0.25) is 5.41 Å². The molecule has 0 unspecified atom stereocenters. The summed E-state index contributed by atoms with van der Waals surface area (Å²) in [6.07, 6.45) is 1.98. The molecule has 2 heterocycles. The molecule has 5 nitrogen and oxygen atoms in total. The maximum Gasteiger partial charge on any atom is 0.160 e. The number of hydrogen-bond donors (Lipinski definition) is 1. The molecule has 9 aromatic carbocycles. The number of nitrogens with one attached hydrogen (secondary N) is 1. The third-order valence-corrected chi connectivity index (χ3v) is 13.1. The highest BCUT2D eigenvalue weighted by molar-refractivity contribution is 6.68. The van der Waals surface area contributed by atoms with E-state index in [4.69, 9.17) is 14.4 Å². The van der Waals surface area contributed by atoms with Crippen LogP contribution in [0.1, 0.15) is 16.7 Å². The lowest BCUT2D eigenvalue weighted by atomic mass is 9.60.